The summed E-state index contributed by atoms with van der Waals surface area (Å²) < 4.78 is 0. The molecular formula is C14H26O. The highest BCUT2D eigenvalue weighted by atomic mass is 16.3. The molecule has 0 aromatic rings. The Morgan fingerprint density at radius 1 is 1.33 bits per heavy atom. The van der Waals surface area contributed by atoms with Crippen LogP contribution in [0, 0.1) is 29.1 Å². The molecule has 5 atom stereocenters. The van der Waals surface area contributed by atoms with Crippen molar-refractivity contribution in [2.75, 3.05) is 0 Å². The predicted molar refractivity (Wildman–Crippen MR) is 63.6 cm³/mol. The molecule has 0 radical (unpaired) electrons. The summed E-state index contributed by atoms with van der Waals surface area (Å²) in [6, 6.07) is 0. The fraction of sp³-hybridized carbons (Fsp3) is 1.00. The summed E-state index contributed by atoms with van der Waals surface area (Å²) in [6.07, 6.45) is 5.01. The van der Waals surface area contributed by atoms with Crippen LogP contribution in [0.3, 0.4) is 0 Å². The molecule has 2 bridgehead atoms. The highest BCUT2D eigenvalue weighted by Gasteiger charge is 2.55. The van der Waals surface area contributed by atoms with Gasteiger partial charge in [0.15, 0.2) is 0 Å². The van der Waals surface area contributed by atoms with E-state index in [9.17, 15) is 5.11 Å². The average Bonchev–Trinajstić information content (AvgIpc) is 2.15. The number of hydrogen-bond donors (Lipinski definition) is 1. The van der Waals surface area contributed by atoms with Gasteiger partial charge in [0, 0.05) is 0 Å². The molecule has 5 unspecified atom stereocenters. The first-order valence-electron chi connectivity index (χ1n) is 6.61. The maximum atomic E-state index is 9.35. The van der Waals surface area contributed by atoms with Crippen molar-refractivity contribution in [1.29, 1.82) is 0 Å². The Bertz CT molecular complexity index is 231. The van der Waals surface area contributed by atoms with Crippen LogP contribution in [-0.4, -0.2) is 11.2 Å². The zero-order valence-corrected chi connectivity index (χ0v) is 10.7. The zero-order chi connectivity index (χ0) is 11.2. The number of aliphatic hydroxyl groups excluding tert-OH is 1. The second-order valence-electron chi connectivity index (χ2n) is 6.64. The van der Waals surface area contributed by atoms with Crippen molar-refractivity contribution in [2.24, 2.45) is 29.1 Å². The molecule has 0 aromatic carbocycles. The summed E-state index contributed by atoms with van der Waals surface area (Å²) in [5.41, 5.74) is 0.612. The van der Waals surface area contributed by atoms with Crippen molar-refractivity contribution in [3.63, 3.8) is 0 Å². The van der Waals surface area contributed by atoms with E-state index in [4.69, 9.17) is 0 Å². The van der Waals surface area contributed by atoms with E-state index >= 15 is 0 Å². The Hall–Kier alpha value is -0.0400. The molecule has 88 valence electrons. The smallest absolute Gasteiger partial charge is 0.0512 e. The third-order valence-electron chi connectivity index (χ3n) is 5.47. The minimum absolute atomic E-state index is 0.108. The van der Waals surface area contributed by atoms with E-state index in [1.165, 1.54) is 19.3 Å². The lowest BCUT2D eigenvalue weighted by molar-refractivity contribution is -0.131. The molecular weight excluding hydrogens is 184 g/mol. The maximum absolute atomic E-state index is 9.35. The van der Waals surface area contributed by atoms with Crippen molar-refractivity contribution in [2.45, 2.75) is 59.5 Å². The Kier molecular flexibility index (Phi) is 2.87. The fourth-order valence-corrected chi connectivity index (χ4v) is 4.09. The average molecular weight is 210 g/mol. The Morgan fingerprint density at radius 3 is 2.47 bits per heavy atom. The third-order valence-corrected chi connectivity index (χ3v) is 5.47. The standard InChI is InChI=1S/C14H26O/c1-9(15)5-6-11-7-12-8-13(10(11)2)14(12,3)4/h9-13,15H,5-8H2,1-4H3. The van der Waals surface area contributed by atoms with Crippen LogP contribution in [0.25, 0.3) is 0 Å². The van der Waals surface area contributed by atoms with Crippen LogP contribution >= 0.6 is 0 Å². The summed E-state index contributed by atoms with van der Waals surface area (Å²) in [4.78, 5) is 0. The van der Waals surface area contributed by atoms with E-state index in [0.29, 0.717) is 5.41 Å². The van der Waals surface area contributed by atoms with Gasteiger partial charge >= 0.3 is 0 Å². The van der Waals surface area contributed by atoms with Crippen molar-refractivity contribution in [3.05, 3.63) is 0 Å². The van der Waals surface area contributed by atoms with Gasteiger partial charge in [-0.1, -0.05) is 20.8 Å². The highest BCUT2D eigenvalue weighted by Crippen LogP contribution is 2.63. The van der Waals surface area contributed by atoms with E-state index in [1.54, 1.807) is 0 Å². The lowest BCUT2D eigenvalue weighted by Gasteiger charge is -2.62. The first-order chi connectivity index (χ1) is 6.93. The van der Waals surface area contributed by atoms with Gasteiger partial charge in [-0.3, -0.25) is 0 Å². The molecule has 3 aliphatic carbocycles. The number of aliphatic hydroxyl groups is 1. The monoisotopic (exact) mass is 210 g/mol. The molecule has 0 spiro atoms. The Balaban J connectivity index is 1.91. The van der Waals surface area contributed by atoms with Gasteiger partial charge in [0.2, 0.25) is 0 Å². The minimum atomic E-state index is -0.108. The summed E-state index contributed by atoms with van der Waals surface area (Å²) >= 11 is 0. The topological polar surface area (TPSA) is 20.2 Å². The SMILES string of the molecule is CC(O)CCC1CC2CC(C1C)C2(C)C. The van der Waals surface area contributed by atoms with Gasteiger partial charge in [0.05, 0.1) is 6.10 Å². The largest absolute Gasteiger partial charge is 0.393 e. The van der Waals surface area contributed by atoms with Gasteiger partial charge in [-0.15, -0.1) is 0 Å². The second kappa shape index (κ2) is 3.76. The first kappa shape index (κ1) is 11.4. The molecule has 0 aromatic heterocycles. The van der Waals surface area contributed by atoms with Crippen LogP contribution < -0.4 is 0 Å². The fourth-order valence-electron chi connectivity index (χ4n) is 4.09. The summed E-state index contributed by atoms with van der Waals surface area (Å²) in [7, 11) is 0. The molecule has 3 fully saturated rings. The molecule has 0 heterocycles. The molecule has 15 heavy (non-hydrogen) atoms. The molecule has 1 N–H and O–H groups in total. The van der Waals surface area contributed by atoms with Crippen molar-refractivity contribution < 1.29 is 5.11 Å². The molecule has 1 nitrogen and oxygen atoms in total. The predicted octanol–water partition coefficient (Wildman–Crippen LogP) is 3.47. The molecule has 1 heteroatoms. The summed E-state index contributed by atoms with van der Waals surface area (Å²) in [6.45, 7) is 9.26. The summed E-state index contributed by atoms with van der Waals surface area (Å²) in [5, 5.41) is 9.35. The normalized spacial score (nSPS) is 44.6. The molecule has 3 saturated carbocycles. The lowest BCUT2D eigenvalue weighted by Crippen LogP contribution is -2.54. The molecule has 0 amide bonds. The highest BCUT2D eigenvalue weighted by molar-refractivity contribution is 5.04. The van der Waals surface area contributed by atoms with Gasteiger partial charge in [0.25, 0.3) is 0 Å². The lowest BCUT2D eigenvalue weighted by atomic mass is 9.43. The van der Waals surface area contributed by atoms with Crippen LogP contribution in [0.5, 0.6) is 0 Å². The van der Waals surface area contributed by atoms with Crippen LogP contribution in [0.2, 0.25) is 0 Å². The van der Waals surface area contributed by atoms with E-state index < -0.39 is 0 Å². The van der Waals surface area contributed by atoms with Gasteiger partial charge in [-0.25, -0.2) is 0 Å². The maximum Gasteiger partial charge on any atom is 0.0512 e. The molecule has 0 saturated heterocycles. The van der Waals surface area contributed by atoms with Crippen molar-refractivity contribution in [1.82, 2.24) is 0 Å². The van der Waals surface area contributed by atoms with Gasteiger partial charge < -0.3 is 5.11 Å². The quantitative estimate of drug-likeness (QED) is 0.756. The zero-order valence-electron chi connectivity index (χ0n) is 10.7. The number of rotatable bonds is 3. The van der Waals surface area contributed by atoms with E-state index in [-0.39, 0.29) is 6.10 Å². The number of fused-ring (bicyclic) bond motifs is 2. The minimum Gasteiger partial charge on any atom is -0.393 e. The number of hydrogen-bond acceptors (Lipinski definition) is 1. The van der Waals surface area contributed by atoms with Crippen molar-refractivity contribution in [3.8, 4) is 0 Å². The first-order valence-corrected chi connectivity index (χ1v) is 6.61. The van der Waals surface area contributed by atoms with Crippen LogP contribution in [0.15, 0.2) is 0 Å². The van der Waals surface area contributed by atoms with Gasteiger partial charge in [-0.2, -0.15) is 0 Å². The van der Waals surface area contributed by atoms with Gasteiger partial charge in [0.1, 0.15) is 0 Å². The van der Waals surface area contributed by atoms with E-state index in [1.807, 2.05) is 6.92 Å². The third kappa shape index (κ3) is 1.84. The molecule has 3 rings (SSSR count). The molecule has 3 aliphatic rings. The Morgan fingerprint density at radius 2 is 2.00 bits per heavy atom. The molecule has 0 aliphatic heterocycles. The van der Waals surface area contributed by atoms with Gasteiger partial charge in [-0.05, 0) is 61.7 Å². The van der Waals surface area contributed by atoms with E-state index in [2.05, 4.69) is 20.8 Å². The van der Waals surface area contributed by atoms with E-state index in [0.717, 1.165) is 30.1 Å². The van der Waals surface area contributed by atoms with Crippen LogP contribution in [0.4, 0.5) is 0 Å². The van der Waals surface area contributed by atoms with Crippen molar-refractivity contribution >= 4 is 0 Å². The van der Waals surface area contributed by atoms with Crippen LogP contribution in [-0.2, 0) is 0 Å². The van der Waals surface area contributed by atoms with Crippen LogP contribution in [0.1, 0.15) is 53.4 Å². The Labute approximate surface area is 94.3 Å². The summed E-state index contributed by atoms with van der Waals surface area (Å²) in [5.74, 6) is 3.69. The second-order valence-corrected chi connectivity index (χ2v) is 6.64.